The molecule has 3 nitrogen and oxygen atoms in total. The first kappa shape index (κ1) is 16.8. The third kappa shape index (κ3) is 5.78. The number of hydrogen-bond acceptors (Lipinski definition) is 2. The van der Waals surface area contributed by atoms with E-state index in [1.54, 1.807) is 7.11 Å². The topological polar surface area (TPSA) is 24.5 Å². The average molecular weight is 294 g/mol. The number of nitrogens with zero attached hydrogens (tertiary/aromatic N) is 1. The van der Waals surface area contributed by atoms with Gasteiger partial charge in [-0.15, -0.1) is 0 Å². The molecule has 0 unspecified atom stereocenters. The van der Waals surface area contributed by atoms with E-state index >= 15 is 0 Å². The van der Waals surface area contributed by atoms with Crippen LogP contribution >= 0.6 is 12.2 Å². The van der Waals surface area contributed by atoms with E-state index in [1.807, 2.05) is 24.3 Å². The lowest BCUT2D eigenvalue weighted by Crippen LogP contribution is -2.39. The molecular formula is C16H26N2OS. The minimum absolute atomic E-state index is 0.587. The van der Waals surface area contributed by atoms with Gasteiger partial charge in [0.1, 0.15) is 5.75 Å². The van der Waals surface area contributed by atoms with Crippen molar-refractivity contribution in [1.82, 2.24) is 4.90 Å². The van der Waals surface area contributed by atoms with Crippen LogP contribution in [0.1, 0.15) is 27.7 Å². The van der Waals surface area contributed by atoms with E-state index in [0.29, 0.717) is 11.8 Å². The smallest absolute Gasteiger partial charge is 0.173 e. The molecule has 0 aliphatic carbocycles. The van der Waals surface area contributed by atoms with Crippen LogP contribution in [0.25, 0.3) is 0 Å². The molecule has 0 radical (unpaired) electrons. The van der Waals surface area contributed by atoms with Gasteiger partial charge in [-0.05, 0) is 48.3 Å². The monoisotopic (exact) mass is 294 g/mol. The lowest BCUT2D eigenvalue weighted by Gasteiger charge is -2.29. The lowest BCUT2D eigenvalue weighted by molar-refractivity contribution is 0.332. The van der Waals surface area contributed by atoms with E-state index in [-0.39, 0.29) is 0 Å². The number of ether oxygens (including phenoxy) is 1. The quantitative estimate of drug-likeness (QED) is 0.801. The molecule has 0 bridgehead atoms. The normalized spacial score (nSPS) is 10.8. The van der Waals surface area contributed by atoms with E-state index in [4.69, 9.17) is 17.0 Å². The van der Waals surface area contributed by atoms with Crippen molar-refractivity contribution >= 4 is 23.0 Å². The van der Waals surface area contributed by atoms with Gasteiger partial charge in [0.2, 0.25) is 0 Å². The molecular weight excluding hydrogens is 268 g/mol. The summed E-state index contributed by atoms with van der Waals surface area (Å²) in [5.74, 6) is 2.02. The largest absolute Gasteiger partial charge is 0.497 e. The zero-order chi connectivity index (χ0) is 15.1. The molecule has 1 N–H and O–H groups in total. The number of thiocarbonyl (C=S) groups is 1. The van der Waals surface area contributed by atoms with Crippen molar-refractivity contribution in [3.63, 3.8) is 0 Å². The van der Waals surface area contributed by atoms with Gasteiger partial charge in [0.15, 0.2) is 5.11 Å². The molecule has 20 heavy (non-hydrogen) atoms. The molecule has 0 amide bonds. The molecule has 0 saturated carbocycles. The number of methoxy groups -OCH3 is 1. The molecule has 1 rings (SSSR count). The van der Waals surface area contributed by atoms with Crippen molar-refractivity contribution in [2.24, 2.45) is 11.8 Å². The highest BCUT2D eigenvalue weighted by Crippen LogP contribution is 2.16. The fourth-order valence-electron chi connectivity index (χ4n) is 2.00. The van der Waals surface area contributed by atoms with Crippen molar-refractivity contribution < 1.29 is 4.74 Å². The maximum Gasteiger partial charge on any atom is 0.173 e. The van der Waals surface area contributed by atoms with Crippen LogP contribution < -0.4 is 10.1 Å². The van der Waals surface area contributed by atoms with Gasteiger partial charge >= 0.3 is 0 Å². The summed E-state index contributed by atoms with van der Waals surface area (Å²) < 4.78 is 5.16. The Bertz CT molecular complexity index is 405. The number of benzene rings is 1. The van der Waals surface area contributed by atoms with Crippen molar-refractivity contribution in [2.75, 3.05) is 25.5 Å². The first-order valence-electron chi connectivity index (χ1n) is 7.12. The third-order valence-corrected chi connectivity index (χ3v) is 3.16. The Labute approximate surface area is 128 Å². The van der Waals surface area contributed by atoms with Gasteiger partial charge in [-0.1, -0.05) is 27.7 Å². The van der Waals surface area contributed by atoms with Crippen LogP contribution in [0.2, 0.25) is 0 Å². The van der Waals surface area contributed by atoms with E-state index in [1.165, 1.54) is 0 Å². The van der Waals surface area contributed by atoms with E-state index in [9.17, 15) is 0 Å². The van der Waals surface area contributed by atoms with Gasteiger partial charge in [0, 0.05) is 18.8 Å². The zero-order valence-electron chi connectivity index (χ0n) is 13.1. The van der Waals surface area contributed by atoms with Gasteiger partial charge < -0.3 is 15.0 Å². The highest BCUT2D eigenvalue weighted by Gasteiger charge is 2.13. The van der Waals surface area contributed by atoms with Crippen LogP contribution in [-0.4, -0.2) is 30.2 Å². The van der Waals surface area contributed by atoms with Crippen molar-refractivity contribution in [2.45, 2.75) is 27.7 Å². The summed E-state index contributed by atoms with van der Waals surface area (Å²) in [4.78, 5) is 2.24. The molecule has 0 fully saturated rings. The molecule has 0 atom stereocenters. The zero-order valence-corrected chi connectivity index (χ0v) is 14.0. The van der Waals surface area contributed by atoms with Gasteiger partial charge in [-0.3, -0.25) is 0 Å². The second kappa shape index (κ2) is 8.10. The van der Waals surface area contributed by atoms with E-state index in [2.05, 4.69) is 37.9 Å². The van der Waals surface area contributed by atoms with Gasteiger partial charge in [-0.2, -0.15) is 0 Å². The molecule has 0 heterocycles. The highest BCUT2D eigenvalue weighted by molar-refractivity contribution is 7.80. The van der Waals surface area contributed by atoms with Crippen LogP contribution in [0, 0.1) is 11.8 Å². The number of hydrogen-bond donors (Lipinski definition) is 1. The Hall–Kier alpha value is -1.29. The molecule has 0 aliphatic rings. The SMILES string of the molecule is COc1ccc(NC(=S)N(CC(C)C)CC(C)C)cc1. The molecule has 4 heteroatoms. The second-order valence-electron chi connectivity index (χ2n) is 5.85. The molecule has 0 aromatic heterocycles. The first-order chi connectivity index (χ1) is 9.42. The summed E-state index contributed by atoms with van der Waals surface area (Å²) in [5.41, 5.74) is 0.994. The number of anilines is 1. The third-order valence-electron chi connectivity index (χ3n) is 2.80. The lowest BCUT2D eigenvalue weighted by atomic mass is 10.1. The minimum Gasteiger partial charge on any atom is -0.497 e. The molecule has 112 valence electrons. The predicted molar refractivity (Wildman–Crippen MR) is 90.5 cm³/mol. The minimum atomic E-state index is 0.587. The Balaban J connectivity index is 2.68. The maximum atomic E-state index is 5.54. The summed E-state index contributed by atoms with van der Waals surface area (Å²) in [5, 5.41) is 4.10. The van der Waals surface area contributed by atoms with Crippen LogP contribution in [0.15, 0.2) is 24.3 Å². The molecule has 0 saturated heterocycles. The number of rotatable bonds is 6. The molecule has 0 spiro atoms. The predicted octanol–water partition coefficient (Wildman–Crippen LogP) is 4.01. The molecule has 0 aliphatic heterocycles. The number of nitrogens with one attached hydrogen (secondary N) is 1. The standard InChI is InChI=1S/C16H26N2OS/c1-12(2)10-18(11-13(3)4)16(20)17-14-6-8-15(19-5)9-7-14/h6-9,12-13H,10-11H2,1-5H3,(H,17,20). The fourth-order valence-corrected chi connectivity index (χ4v) is 2.27. The van der Waals surface area contributed by atoms with Crippen LogP contribution in [0.3, 0.4) is 0 Å². The summed E-state index contributed by atoms with van der Waals surface area (Å²) >= 11 is 5.54. The van der Waals surface area contributed by atoms with Gasteiger partial charge in [0.05, 0.1) is 7.11 Å². The summed E-state index contributed by atoms with van der Waals surface area (Å²) in [6, 6.07) is 7.82. The second-order valence-corrected chi connectivity index (χ2v) is 6.24. The molecule has 1 aromatic carbocycles. The highest BCUT2D eigenvalue weighted by atomic mass is 32.1. The summed E-state index contributed by atoms with van der Waals surface area (Å²) in [6.07, 6.45) is 0. The molecule has 1 aromatic rings. The van der Waals surface area contributed by atoms with Crippen LogP contribution in [0.5, 0.6) is 5.75 Å². The van der Waals surface area contributed by atoms with E-state index in [0.717, 1.165) is 29.6 Å². The van der Waals surface area contributed by atoms with Crippen molar-refractivity contribution in [1.29, 1.82) is 0 Å². The summed E-state index contributed by atoms with van der Waals surface area (Å²) in [6.45, 7) is 10.8. The Morgan fingerprint density at radius 1 is 1.10 bits per heavy atom. The fraction of sp³-hybridized carbons (Fsp3) is 0.562. The van der Waals surface area contributed by atoms with Crippen molar-refractivity contribution in [3.05, 3.63) is 24.3 Å². The van der Waals surface area contributed by atoms with Gasteiger partial charge in [0.25, 0.3) is 0 Å². The van der Waals surface area contributed by atoms with Gasteiger partial charge in [-0.25, -0.2) is 0 Å². The van der Waals surface area contributed by atoms with Crippen LogP contribution in [-0.2, 0) is 0 Å². The van der Waals surface area contributed by atoms with E-state index < -0.39 is 0 Å². The first-order valence-corrected chi connectivity index (χ1v) is 7.53. The summed E-state index contributed by atoms with van der Waals surface area (Å²) in [7, 11) is 1.67. The average Bonchev–Trinajstić information content (AvgIpc) is 2.37. The van der Waals surface area contributed by atoms with Crippen molar-refractivity contribution in [3.8, 4) is 5.75 Å². The van der Waals surface area contributed by atoms with Crippen LogP contribution in [0.4, 0.5) is 5.69 Å². The Morgan fingerprint density at radius 3 is 2.00 bits per heavy atom. The maximum absolute atomic E-state index is 5.54. The Morgan fingerprint density at radius 2 is 1.60 bits per heavy atom. The Kier molecular flexibility index (Phi) is 6.79.